The van der Waals surface area contributed by atoms with Crippen LogP contribution >= 0.6 is 7.52 Å². The molecule has 5 nitrogen and oxygen atoms in total. The van der Waals surface area contributed by atoms with Crippen molar-refractivity contribution >= 4 is 13.3 Å². The first-order valence-electron chi connectivity index (χ1n) is 5.69. The van der Waals surface area contributed by atoms with Crippen LogP contribution in [0.15, 0.2) is 48.7 Å². The number of nitrogens with zero attached hydrogens (tertiary/aromatic N) is 1. The molecule has 0 radical (unpaired) electrons. The fourth-order valence-electron chi connectivity index (χ4n) is 1.50. The van der Waals surface area contributed by atoms with Crippen molar-refractivity contribution in [3.05, 3.63) is 48.7 Å². The van der Waals surface area contributed by atoms with Crippen LogP contribution in [0.4, 0.5) is 5.82 Å². The Morgan fingerprint density at radius 2 is 1.79 bits per heavy atom. The molecule has 0 saturated carbocycles. The summed E-state index contributed by atoms with van der Waals surface area (Å²) in [7, 11) is -1.43. The molecule has 6 heteroatoms. The molecule has 1 atom stereocenters. The fourth-order valence-corrected chi connectivity index (χ4v) is 2.62. The molecule has 0 aliphatic carbocycles. The smallest absolute Gasteiger partial charge is 0.339 e. The average molecular weight is 278 g/mol. The quantitative estimate of drug-likeness (QED) is 0.849. The van der Waals surface area contributed by atoms with Crippen LogP contribution < -0.4 is 14.3 Å². The lowest BCUT2D eigenvalue weighted by Gasteiger charge is -2.16. The van der Waals surface area contributed by atoms with Gasteiger partial charge in [0.1, 0.15) is 17.3 Å². The summed E-state index contributed by atoms with van der Waals surface area (Å²) in [6.07, 6.45) is 1.62. The highest BCUT2D eigenvalue weighted by molar-refractivity contribution is 7.60. The summed E-state index contributed by atoms with van der Waals surface area (Å²) in [4.78, 5) is 4.05. The van der Waals surface area contributed by atoms with Gasteiger partial charge < -0.3 is 9.26 Å². The van der Waals surface area contributed by atoms with Crippen LogP contribution in [0.25, 0.3) is 0 Å². The van der Waals surface area contributed by atoms with Crippen LogP contribution in [0.5, 0.6) is 11.5 Å². The number of anilines is 1. The molecule has 0 unspecified atom stereocenters. The van der Waals surface area contributed by atoms with Gasteiger partial charge in [-0.1, -0.05) is 6.07 Å². The summed E-state index contributed by atoms with van der Waals surface area (Å²) >= 11 is 0. The Bertz CT molecular complexity index is 572. The molecular weight excluding hydrogens is 263 g/mol. The van der Waals surface area contributed by atoms with Crippen molar-refractivity contribution in [2.75, 3.05) is 18.9 Å². The Kier molecular flexibility index (Phi) is 4.07. The largest absolute Gasteiger partial charge is 0.497 e. The Morgan fingerprint density at radius 3 is 2.37 bits per heavy atom. The molecular formula is C13H15N2O3P. The number of pyridine rings is 1. The van der Waals surface area contributed by atoms with Crippen LogP contribution in [0, 0.1) is 0 Å². The van der Waals surface area contributed by atoms with E-state index >= 15 is 0 Å². The van der Waals surface area contributed by atoms with Crippen LogP contribution in [0.3, 0.4) is 0 Å². The fraction of sp³-hybridized carbons (Fsp3) is 0.154. The number of nitrogens with one attached hydrogen (secondary N) is 1. The average Bonchev–Trinajstić information content (AvgIpc) is 2.39. The number of hydrogen-bond acceptors (Lipinski definition) is 4. The van der Waals surface area contributed by atoms with E-state index in [-0.39, 0.29) is 0 Å². The second-order valence-electron chi connectivity index (χ2n) is 3.94. The van der Waals surface area contributed by atoms with Crippen molar-refractivity contribution in [1.82, 2.24) is 4.98 Å². The number of rotatable bonds is 5. The van der Waals surface area contributed by atoms with Crippen molar-refractivity contribution in [3.8, 4) is 11.5 Å². The predicted molar refractivity (Wildman–Crippen MR) is 75.0 cm³/mol. The second-order valence-corrected chi connectivity index (χ2v) is 6.04. The predicted octanol–water partition coefficient (Wildman–Crippen LogP) is 3.40. The molecule has 0 aliphatic rings. The van der Waals surface area contributed by atoms with Gasteiger partial charge in [0.05, 0.1) is 7.11 Å². The molecule has 0 amide bonds. The molecule has 0 fully saturated rings. The monoisotopic (exact) mass is 278 g/mol. The standard InChI is InChI=1S/C13H15N2O3P/c1-17-11-6-8-12(9-7-11)18-19(2,16)15-13-5-3-4-10-14-13/h3-10H,1-2H3,(H,14,15,16)/t19-/m1/s1. The molecule has 1 aromatic carbocycles. The van der Waals surface area contributed by atoms with E-state index < -0.39 is 7.52 Å². The van der Waals surface area contributed by atoms with Crippen LogP contribution in [-0.2, 0) is 4.57 Å². The molecule has 2 aromatic rings. The summed E-state index contributed by atoms with van der Waals surface area (Å²) in [6, 6.07) is 12.2. The zero-order chi connectivity index (χ0) is 13.7. The number of hydrogen-bond donors (Lipinski definition) is 1. The molecule has 2 rings (SSSR count). The third-order valence-corrected chi connectivity index (χ3v) is 3.52. The number of methoxy groups -OCH3 is 1. The number of benzene rings is 1. The van der Waals surface area contributed by atoms with Crippen molar-refractivity contribution in [1.29, 1.82) is 0 Å². The van der Waals surface area contributed by atoms with Crippen LogP contribution in [-0.4, -0.2) is 18.8 Å². The van der Waals surface area contributed by atoms with Gasteiger partial charge in [0.25, 0.3) is 0 Å². The van der Waals surface area contributed by atoms with E-state index in [4.69, 9.17) is 9.26 Å². The Balaban J connectivity index is 2.06. The second kappa shape index (κ2) is 5.76. The summed E-state index contributed by atoms with van der Waals surface area (Å²) in [6.45, 7) is 1.51. The van der Waals surface area contributed by atoms with Gasteiger partial charge in [0.15, 0.2) is 0 Å². The molecule has 19 heavy (non-hydrogen) atoms. The minimum atomic E-state index is -3.01. The van der Waals surface area contributed by atoms with Crippen molar-refractivity contribution in [2.24, 2.45) is 0 Å². The molecule has 1 heterocycles. The molecule has 1 N–H and O–H groups in total. The van der Waals surface area contributed by atoms with E-state index in [1.54, 1.807) is 49.7 Å². The van der Waals surface area contributed by atoms with Gasteiger partial charge in [-0.05, 0) is 36.4 Å². The van der Waals surface area contributed by atoms with E-state index in [1.807, 2.05) is 6.07 Å². The first kappa shape index (κ1) is 13.4. The summed E-state index contributed by atoms with van der Waals surface area (Å²) in [5.41, 5.74) is 0. The number of ether oxygens (including phenoxy) is 1. The first-order chi connectivity index (χ1) is 9.09. The zero-order valence-corrected chi connectivity index (χ0v) is 11.6. The molecule has 0 bridgehead atoms. The summed E-state index contributed by atoms with van der Waals surface area (Å²) < 4.78 is 22.8. The van der Waals surface area contributed by atoms with Crippen LogP contribution in [0.1, 0.15) is 0 Å². The van der Waals surface area contributed by atoms with Crippen molar-refractivity contribution < 1.29 is 13.8 Å². The topological polar surface area (TPSA) is 60.5 Å². The van der Waals surface area contributed by atoms with E-state index in [0.717, 1.165) is 5.75 Å². The maximum atomic E-state index is 12.3. The van der Waals surface area contributed by atoms with Gasteiger partial charge in [0, 0.05) is 12.9 Å². The summed E-state index contributed by atoms with van der Waals surface area (Å²) in [5, 5.41) is 2.79. The Labute approximate surface area is 112 Å². The lowest BCUT2D eigenvalue weighted by molar-refractivity contribution is 0.413. The third-order valence-electron chi connectivity index (χ3n) is 2.32. The zero-order valence-electron chi connectivity index (χ0n) is 10.7. The molecule has 100 valence electrons. The highest BCUT2D eigenvalue weighted by Gasteiger charge is 2.17. The van der Waals surface area contributed by atoms with Gasteiger partial charge in [-0.15, -0.1) is 0 Å². The molecule has 1 aromatic heterocycles. The Morgan fingerprint density at radius 1 is 1.11 bits per heavy atom. The molecule has 0 aliphatic heterocycles. The highest BCUT2D eigenvalue weighted by Crippen LogP contribution is 2.42. The number of aromatic nitrogens is 1. The molecule has 0 spiro atoms. The Hall–Kier alpha value is -2.00. The van der Waals surface area contributed by atoms with Crippen LogP contribution in [0.2, 0.25) is 0 Å². The third kappa shape index (κ3) is 4.00. The van der Waals surface area contributed by atoms with Gasteiger partial charge in [-0.25, -0.2) is 4.98 Å². The lowest BCUT2D eigenvalue weighted by atomic mass is 10.3. The van der Waals surface area contributed by atoms with E-state index in [1.165, 1.54) is 6.66 Å². The highest BCUT2D eigenvalue weighted by atomic mass is 31.2. The minimum absolute atomic E-state index is 0.509. The van der Waals surface area contributed by atoms with E-state index in [9.17, 15) is 4.57 Å². The SMILES string of the molecule is COc1ccc(O[P@@](C)(=O)Nc2ccccn2)cc1. The first-order valence-corrected chi connectivity index (χ1v) is 7.77. The maximum Gasteiger partial charge on any atom is 0.339 e. The normalized spacial score (nSPS) is 13.4. The van der Waals surface area contributed by atoms with Crippen molar-refractivity contribution in [2.45, 2.75) is 0 Å². The maximum absolute atomic E-state index is 12.3. The minimum Gasteiger partial charge on any atom is -0.497 e. The summed E-state index contributed by atoms with van der Waals surface area (Å²) in [5.74, 6) is 1.74. The van der Waals surface area contributed by atoms with Gasteiger partial charge in [0.2, 0.25) is 0 Å². The van der Waals surface area contributed by atoms with Gasteiger partial charge in [-0.3, -0.25) is 9.65 Å². The van der Waals surface area contributed by atoms with E-state index in [2.05, 4.69) is 10.1 Å². The van der Waals surface area contributed by atoms with Gasteiger partial charge in [-0.2, -0.15) is 0 Å². The van der Waals surface area contributed by atoms with Crippen molar-refractivity contribution in [3.63, 3.8) is 0 Å². The molecule has 0 saturated heterocycles. The van der Waals surface area contributed by atoms with Gasteiger partial charge >= 0.3 is 7.52 Å². The van der Waals surface area contributed by atoms with E-state index in [0.29, 0.717) is 11.6 Å². The lowest BCUT2D eigenvalue weighted by Crippen LogP contribution is -2.03.